The van der Waals surface area contributed by atoms with Gasteiger partial charge in [0.2, 0.25) is 5.82 Å². The molecule has 0 bridgehead atoms. The van der Waals surface area contributed by atoms with E-state index in [-0.39, 0.29) is 6.61 Å². The van der Waals surface area contributed by atoms with Gasteiger partial charge in [0.25, 0.3) is 0 Å². The molecule has 0 radical (unpaired) electrons. The van der Waals surface area contributed by atoms with Crippen molar-refractivity contribution >= 4 is 11.6 Å². The summed E-state index contributed by atoms with van der Waals surface area (Å²) < 4.78 is 5.77. The molecule has 0 aliphatic carbocycles. The van der Waals surface area contributed by atoms with Gasteiger partial charge in [0, 0.05) is 17.1 Å². The lowest BCUT2D eigenvalue weighted by Crippen LogP contribution is -2.19. The Morgan fingerprint density at radius 2 is 2.19 bits per heavy atom. The molecule has 0 aliphatic heterocycles. The number of aromatic nitrogens is 4. The molecule has 7 heteroatoms. The average Bonchev–Trinajstić information content (AvgIpc) is 2.83. The summed E-state index contributed by atoms with van der Waals surface area (Å²) in [5, 5.41) is 15.8. The highest BCUT2D eigenvalue weighted by Gasteiger charge is 2.08. The van der Waals surface area contributed by atoms with Crippen LogP contribution in [0.1, 0.15) is 25.2 Å². The predicted octanol–water partition coefficient (Wildman–Crippen LogP) is 2.19. The molecule has 0 fully saturated rings. The summed E-state index contributed by atoms with van der Waals surface area (Å²) in [6.07, 6.45) is 0. The van der Waals surface area contributed by atoms with Crippen LogP contribution in [0.4, 0.5) is 0 Å². The zero-order chi connectivity index (χ0) is 15.2. The summed E-state index contributed by atoms with van der Waals surface area (Å²) in [6, 6.07) is 5.59. The molecule has 0 saturated heterocycles. The highest BCUT2D eigenvalue weighted by Crippen LogP contribution is 2.23. The summed E-state index contributed by atoms with van der Waals surface area (Å²) in [5.41, 5.74) is 1.02. The van der Waals surface area contributed by atoms with Crippen LogP contribution in [-0.4, -0.2) is 26.8 Å². The number of halogens is 1. The van der Waals surface area contributed by atoms with Gasteiger partial charge in [-0.1, -0.05) is 25.4 Å². The van der Waals surface area contributed by atoms with Crippen molar-refractivity contribution in [3.63, 3.8) is 0 Å². The monoisotopic (exact) mass is 309 g/mol. The summed E-state index contributed by atoms with van der Waals surface area (Å²) in [5.74, 6) is 1.92. The molecule has 1 aromatic carbocycles. The van der Waals surface area contributed by atoms with E-state index < -0.39 is 0 Å². The van der Waals surface area contributed by atoms with E-state index in [4.69, 9.17) is 16.3 Å². The molecule has 2 aromatic rings. The van der Waals surface area contributed by atoms with Gasteiger partial charge < -0.3 is 10.1 Å². The van der Waals surface area contributed by atoms with E-state index in [2.05, 4.69) is 34.6 Å². The molecule has 1 heterocycles. The number of hydrogen-bond acceptors (Lipinski definition) is 5. The van der Waals surface area contributed by atoms with E-state index in [1.54, 1.807) is 7.05 Å². The minimum atomic E-state index is 0.284. The Bertz CT molecular complexity index is 584. The van der Waals surface area contributed by atoms with E-state index in [0.717, 1.165) is 17.9 Å². The Balaban J connectivity index is 2.00. The maximum Gasteiger partial charge on any atom is 0.212 e. The highest BCUT2D eigenvalue weighted by atomic mass is 35.5. The first-order valence-electron chi connectivity index (χ1n) is 6.89. The van der Waals surface area contributed by atoms with Crippen LogP contribution in [0.2, 0.25) is 5.02 Å². The van der Waals surface area contributed by atoms with Gasteiger partial charge in [0.1, 0.15) is 5.75 Å². The van der Waals surface area contributed by atoms with E-state index in [0.29, 0.717) is 23.3 Å². The fourth-order valence-corrected chi connectivity index (χ4v) is 2.04. The Hall–Kier alpha value is -1.66. The third kappa shape index (κ3) is 4.99. The first kappa shape index (κ1) is 15.7. The predicted molar refractivity (Wildman–Crippen MR) is 81.1 cm³/mol. The van der Waals surface area contributed by atoms with Crippen molar-refractivity contribution in [3.05, 3.63) is 34.6 Å². The SMILES string of the molecule is CC(C)CNCc1cc(Cl)ccc1OCc1nnn(C)n1. The maximum absolute atomic E-state index is 6.06. The van der Waals surface area contributed by atoms with Crippen LogP contribution in [0.5, 0.6) is 5.75 Å². The molecule has 21 heavy (non-hydrogen) atoms. The lowest BCUT2D eigenvalue weighted by Gasteiger charge is -2.12. The van der Waals surface area contributed by atoms with Gasteiger partial charge in [-0.25, -0.2) is 0 Å². The minimum Gasteiger partial charge on any atom is -0.485 e. The summed E-state index contributed by atoms with van der Waals surface area (Å²) in [4.78, 5) is 1.41. The summed E-state index contributed by atoms with van der Waals surface area (Å²) >= 11 is 6.06. The molecule has 0 amide bonds. The van der Waals surface area contributed by atoms with Crippen LogP contribution < -0.4 is 10.1 Å². The topological polar surface area (TPSA) is 64.9 Å². The Morgan fingerprint density at radius 1 is 1.38 bits per heavy atom. The van der Waals surface area contributed by atoms with Gasteiger partial charge in [-0.2, -0.15) is 4.80 Å². The van der Waals surface area contributed by atoms with E-state index in [9.17, 15) is 0 Å². The molecular formula is C14H20ClN5O. The third-order valence-corrected chi connectivity index (χ3v) is 3.03. The molecule has 0 saturated carbocycles. The van der Waals surface area contributed by atoms with Crippen LogP contribution in [0.15, 0.2) is 18.2 Å². The fourth-order valence-electron chi connectivity index (χ4n) is 1.85. The number of hydrogen-bond donors (Lipinski definition) is 1. The molecule has 0 unspecified atom stereocenters. The van der Waals surface area contributed by atoms with Gasteiger partial charge >= 0.3 is 0 Å². The number of tetrazole rings is 1. The van der Waals surface area contributed by atoms with Crippen molar-refractivity contribution in [1.82, 2.24) is 25.5 Å². The number of ether oxygens (including phenoxy) is 1. The van der Waals surface area contributed by atoms with Crippen molar-refractivity contribution in [2.24, 2.45) is 13.0 Å². The molecule has 114 valence electrons. The molecule has 0 spiro atoms. The zero-order valence-corrected chi connectivity index (χ0v) is 13.3. The largest absolute Gasteiger partial charge is 0.485 e. The van der Waals surface area contributed by atoms with Crippen molar-refractivity contribution in [2.45, 2.75) is 27.0 Å². The van der Waals surface area contributed by atoms with Crippen molar-refractivity contribution in [3.8, 4) is 5.75 Å². The van der Waals surface area contributed by atoms with Crippen molar-refractivity contribution < 1.29 is 4.74 Å². The van der Waals surface area contributed by atoms with E-state index >= 15 is 0 Å². The Morgan fingerprint density at radius 3 is 2.86 bits per heavy atom. The number of nitrogens with zero attached hydrogens (tertiary/aromatic N) is 4. The number of benzene rings is 1. The third-order valence-electron chi connectivity index (χ3n) is 2.80. The molecule has 1 N–H and O–H groups in total. The summed E-state index contributed by atoms with van der Waals surface area (Å²) in [7, 11) is 1.72. The van der Waals surface area contributed by atoms with Crippen LogP contribution >= 0.6 is 11.6 Å². The molecule has 6 nitrogen and oxygen atoms in total. The zero-order valence-electron chi connectivity index (χ0n) is 12.5. The minimum absolute atomic E-state index is 0.284. The van der Waals surface area contributed by atoms with Crippen LogP contribution in [0, 0.1) is 5.92 Å². The van der Waals surface area contributed by atoms with E-state index in [1.807, 2.05) is 18.2 Å². The van der Waals surface area contributed by atoms with Gasteiger partial charge in [-0.15, -0.1) is 10.2 Å². The Labute approximate surface area is 129 Å². The number of rotatable bonds is 7. The first-order chi connectivity index (χ1) is 10.0. The molecular weight excluding hydrogens is 290 g/mol. The average molecular weight is 310 g/mol. The van der Waals surface area contributed by atoms with E-state index in [1.165, 1.54) is 4.80 Å². The fraction of sp³-hybridized carbons (Fsp3) is 0.500. The Kier molecular flexibility index (Phi) is 5.52. The van der Waals surface area contributed by atoms with Gasteiger partial charge in [0.05, 0.1) is 7.05 Å². The standard InChI is InChI=1S/C14H20ClN5O/c1-10(2)7-16-8-11-6-12(15)4-5-13(11)21-9-14-17-19-20(3)18-14/h4-6,10,16H,7-9H2,1-3H3. The van der Waals surface area contributed by atoms with Crippen LogP contribution in [0.25, 0.3) is 0 Å². The van der Waals surface area contributed by atoms with Gasteiger partial charge in [-0.05, 0) is 35.9 Å². The maximum atomic E-state index is 6.06. The lowest BCUT2D eigenvalue weighted by atomic mass is 10.2. The van der Waals surface area contributed by atoms with Gasteiger partial charge in [-0.3, -0.25) is 0 Å². The molecule has 2 rings (SSSR count). The van der Waals surface area contributed by atoms with Gasteiger partial charge in [0.15, 0.2) is 6.61 Å². The quantitative estimate of drug-likeness (QED) is 0.849. The van der Waals surface area contributed by atoms with Crippen LogP contribution in [-0.2, 0) is 20.2 Å². The first-order valence-corrected chi connectivity index (χ1v) is 7.27. The number of nitrogens with one attached hydrogen (secondary N) is 1. The van der Waals surface area contributed by atoms with Crippen molar-refractivity contribution in [2.75, 3.05) is 6.54 Å². The second-order valence-corrected chi connectivity index (χ2v) is 5.70. The molecule has 0 aliphatic rings. The second-order valence-electron chi connectivity index (χ2n) is 5.26. The van der Waals surface area contributed by atoms with Crippen molar-refractivity contribution in [1.29, 1.82) is 0 Å². The normalized spacial score (nSPS) is 11.1. The van der Waals surface area contributed by atoms with Crippen LogP contribution in [0.3, 0.4) is 0 Å². The second kappa shape index (κ2) is 7.38. The smallest absolute Gasteiger partial charge is 0.212 e. The molecule has 0 atom stereocenters. The summed E-state index contributed by atoms with van der Waals surface area (Å²) in [6.45, 7) is 6.27. The lowest BCUT2D eigenvalue weighted by molar-refractivity contribution is 0.291. The number of aryl methyl sites for hydroxylation is 1. The molecule has 1 aromatic heterocycles. The highest BCUT2D eigenvalue weighted by molar-refractivity contribution is 6.30.